The molecule has 3 aromatic carbocycles. The van der Waals surface area contributed by atoms with E-state index in [1.165, 1.54) is 53.7 Å². The Morgan fingerprint density at radius 2 is 1.66 bits per heavy atom. The second-order valence-corrected chi connectivity index (χ2v) is 16.6. The summed E-state index contributed by atoms with van der Waals surface area (Å²) in [7, 11) is -4.84. The van der Waals surface area contributed by atoms with E-state index in [1.807, 2.05) is 20.8 Å². The first kappa shape index (κ1) is 39.1. The number of anilines is 1. The lowest BCUT2D eigenvalue weighted by molar-refractivity contribution is -0.00833. The number of sulfonamides is 2. The minimum absolute atomic E-state index is 0.0199. The van der Waals surface area contributed by atoms with Crippen molar-refractivity contribution < 1.29 is 40.9 Å². The van der Waals surface area contributed by atoms with Crippen molar-refractivity contribution in [1.29, 1.82) is 0 Å². The maximum atomic E-state index is 14.4. The average molecular weight is 732 g/mol. The van der Waals surface area contributed by atoms with E-state index in [2.05, 4.69) is 4.72 Å². The van der Waals surface area contributed by atoms with Gasteiger partial charge in [0.1, 0.15) is 11.5 Å². The van der Waals surface area contributed by atoms with Crippen molar-refractivity contribution in [3.63, 3.8) is 0 Å². The lowest BCUT2D eigenvalue weighted by atomic mass is 10.0. The van der Waals surface area contributed by atoms with Crippen molar-refractivity contribution in [2.75, 3.05) is 45.2 Å². The van der Waals surface area contributed by atoms with E-state index in [4.69, 9.17) is 14.2 Å². The molecule has 1 aliphatic rings. The first-order valence-electron chi connectivity index (χ1n) is 16.7. The second kappa shape index (κ2) is 17.0. The van der Waals surface area contributed by atoms with Gasteiger partial charge in [0.15, 0.2) is 0 Å². The van der Waals surface area contributed by atoms with Crippen LogP contribution in [-0.2, 0) is 24.8 Å². The largest absolute Gasteiger partial charge is 0.497 e. The number of methoxy groups -OCH3 is 1. The highest BCUT2D eigenvalue weighted by Crippen LogP contribution is 2.30. The predicted molar refractivity (Wildman–Crippen MR) is 192 cm³/mol. The van der Waals surface area contributed by atoms with E-state index in [1.54, 1.807) is 43.3 Å². The fraction of sp³-hybridized carbons (Fsp3) is 0.472. The first-order chi connectivity index (χ1) is 23.7. The van der Waals surface area contributed by atoms with E-state index < -0.39 is 38.1 Å². The van der Waals surface area contributed by atoms with Crippen molar-refractivity contribution in [2.45, 2.75) is 75.0 Å². The molecule has 0 aromatic heterocycles. The quantitative estimate of drug-likeness (QED) is 0.296. The van der Waals surface area contributed by atoms with Crippen molar-refractivity contribution in [2.24, 2.45) is 5.92 Å². The van der Waals surface area contributed by atoms with Crippen LogP contribution in [0.1, 0.15) is 56.0 Å². The van der Waals surface area contributed by atoms with Crippen LogP contribution in [0.25, 0.3) is 0 Å². The predicted octanol–water partition coefficient (Wildman–Crippen LogP) is 4.92. The molecule has 0 saturated heterocycles. The number of aryl methyl sites for hydroxylation is 1. The molecule has 12 nitrogen and oxygen atoms in total. The molecule has 1 heterocycles. The molecule has 14 heteroatoms. The standard InChI is InChI=1S/C36H49N3O9S2/c1-25-10-15-31(16-11-25)49(42,43)37-29-12-19-34-33(21-29)36(41)39(27(3)24-40)22-26(2)35(47-20-8-7-9-28(4)48-34)23-38(5)50(44,45)32-17-13-30(46-6)14-18-32/h10-19,21,26-28,35,37,40H,7-9,20,22-24H2,1-6H3/t26-,27+,28+,35-/m1/s1. The van der Waals surface area contributed by atoms with Gasteiger partial charge in [-0.05, 0) is 94.6 Å². The van der Waals surface area contributed by atoms with E-state index in [9.17, 15) is 26.7 Å². The number of rotatable bonds is 10. The molecule has 0 bridgehead atoms. The maximum Gasteiger partial charge on any atom is 0.261 e. The van der Waals surface area contributed by atoms with Crippen molar-refractivity contribution in [1.82, 2.24) is 9.21 Å². The fourth-order valence-electron chi connectivity index (χ4n) is 5.66. The number of fused-ring (bicyclic) bond motifs is 1. The van der Waals surface area contributed by atoms with Gasteiger partial charge in [-0.15, -0.1) is 0 Å². The number of nitrogens with one attached hydrogen (secondary N) is 1. The van der Waals surface area contributed by atoms with Crippen LogP contribution < -0.4 is 14.2 Å². The van der Waals surface area contributed by atoms with Crippen LogP contribution in [0.15, 0.2) is 76.5 Å². The summed E-state index contributed by atoms with van der Waals surface area (Å²) < 4.78 is 75.1. The van der Waals surface area contributed by atoms with Gasteiger partial charge in [0.05, 0.1) is 47.3 Å². The molecule has 1 aliphatic heterocycles. The zero-order valence-corrected chi connectivity index (χ0v) is 31.2. The summed E-state index contributed by atoms with van der Waals surface area (Å²) in [5, 5.41) is 10.2. The smallest absolute Gasteiger partial charge is 0.261 e. The van der Waals surface area contributed by atoms with Gasteiger partial charge in [-0.25, -0.2) is 16.8 Å². The third kappa shape index (κ3) is 9.75. The molecule has 0 aliphatic carbocycles. The molecule has 274 valence electrons. The van der Waals surface area contributed by atoms with Crippen molar-refractivity contribution in [3.05, 3.63) is 77.9 Å². The Bertz CT molecular complexity index is 1800. The van der Waals surface area contributed by atoms with Gasteiger partial charge in [-0.1, -0.05) is 24.6 Å². The van der Waals surface area contributed by atoms with Crippen LogP contribution in [0.3, 0.4) is 0 Å². The third-order valence-electron chi connectivity index (χ3n) is 8.84. The van der Waals surface area contributed by atoms with E-state index in [0.29, 0.717) is 30.9 Å². The molecule has 2 N–H and O–H groups in total. The van der Waals surface area contributed by atoms with E-state index >= 15 is 0 Å². The number of ether oxygens (including phenoxy) is 3. The normalized spacial score (nSPS) is 20.4. The monoisotopic (exact) mass is 731 g/mol. The second-order valence-electron chi connectivity index (χ2n) is 12.9. The molecule has 0 spiro atoms. The van der Waals surface area contributed by atoms with Crippen molar-refractivity contribution >= 4 is 31.6 Å². The molecule has 0 fully saturated rings. The summed E-state index contributed by atoms with van der Waals surface area (Å²) in [6, 6.07) is 16.5. The van der Waals surface area contributed by atoms with Gasteiger partial charge in [0.2, 0.25) is 10.0 Å². The Balaban J connectivity index is 1.66. The van der Waals surface area contributed by atoms with Crippen LogP contribution >= 0.6 is 0 Å². The Hall–Kier alpha value is -3.69. The van der Waals surface area contributed by atoms with Gasteiger partial charge in [-0.3, -0.25) is 9.52 Å². The molecule has 0 saturated carbocycles. The Labute approximate surface area is 296 Å². The van der Waals surface area contributed by atoms with Gasteiger partial charge >= 0.3 is 0 Å². The number of benzene rings is 3. The van der Waals surface area contributed by atoms with Crippen LogP contribution in [0.2, 0.25) is 0 Å². The van der Waals surface area contributed by atoms with Crippen molar-refractivity contribution in [3.8, 4) is 11.5 Å². The number of hydrogen-bond acceptors (Lipinski definition) is 9. The number of likely N-dealkylation sites (N-methyl/N-ethyl adjacent to an activating group) is 1. The Morgan fingerprint density at radius 1 is 1.00 bits per heavy atom. The Kier molecular flexibility index (Phi) is 13.3. The summed E-state index contributed by atoms with van der Waals surface area (Å²) in [6.45, 7) is 7.50. The molecule has 4 rings (SSSR count). The molecular formula is C36H49N3O9S2. The number of hydrogen-bond donors (Lipinski definition) is 2. The molecule has 0 radical (unpaired) electrons. The highest BCUT2D eigenvalue weighted by molar-refractivity contribution is 7.92. The van der Waals surface area contributed by atoms with Gasteiger partial charge in [-0.2, -0.15) is 4.31 Å². The van der Waals surface area contributed by atoms with Crippen LogP contribution in [-0.4, -0.2) is 95.8 Å². The molecule has 4 atom stereocenters. The maximum absolute atomic E-state index is 14.4. The number of amides is 1. The highest BCUT2D eigenvalue weighted by Gasteiger charge is 2.32. The summed E-state index contributed by atoms with van der Waals surface area (Å²) in [5.41, 5.74) is 1.21. The summed E-state index contributed by atoms with van der Waals surface area (Å²) in [4.78, 5) is 16.1. The average Bonchev–Trinajstić information content (AvgIpc) is 3.09. The number of aliphatic hydroxyl groups excluding tert-OH is 1. The van der Waals surface area contributed by atoms with Crippen LogP contribution in [0.5, 0.6) is 11.5 Å². The number of carbonyl (C=O) groups excluding carboxylic acids is 1. The number of carbonyl (C=O) groups is 1. The van der Waals surface area contributed by atoms with Gasteiger partial charge in [0.25, 0.3) is 15.9 Å². The fourth-order valence-corrected chi connectivity index (χ4v) is 7.89. The zero-order valence-electron chi connectivity index (χ0n) is 29.5. The minimum atomic E-state index is -3.96. The minimum Gasteiger partial charge on any atom is -0.497 e. The molecule has 50 heavy (non-hydrogen) atoms. The summed E-state index contributed by atoms with van der Waals surface area (Å²) >= 11 is 0. The Morgan fingerprint density at radius 3 is 2.30 bits per heavy atom. The van der Waals surface area contributed by atoms with E-state index in [-0.39, 0.29) is 52.8 Å². The third-order valence-corrected chi connectivity index (χ3v) is 12.1. The van der Waals surface area contributed by atoms with Crippen LogP contribution in [0, 0.1) is 12.8 Å². The summed E-state index contributed by atoms with van der Waals surface area (Å²) in [5.74, 6) is -0.0314. The number of nitrogens with zero attached hydrogens (tertiary/aromatic N) is 2. The molecule has 3 aromatic rings. The van der Waals surface area contributed by atoms with E-state index in [0.717, 1.165) is 12.0 Å². The summed E-state index contributed by atoms with van der Waals surface area (Å²) in [6.07, 6.45) is 1.24. The topological polar surface area (TPSA) is 152 Å². The van der Waals surface area contributed by atoms with Crippen LogP contribution in [0.4, 0.5) is 5.69 Å². The molecule has 1 amide bonds. The zero-order chi connectivity index (χ0) is 36.6. The lowest BCUT2D eigenvalue weighted by Gasteiger charge is -2.35. The first-order valence-corrected chi connectivity index (χ1v) is 19.6. The van der Waals surface area contributed by atoms with Gasteiger partial charge < -0.3 is 24.2 Å². The number of aliphatic hydroxyl groups is 1. The highest BCUT2D eigenvalue weighted by atomic mass is 32.2. The SMILES string of the molecule is COc1ccc(S(=O)(=O)N(C)C[C@H]2OCCCC[C@H](C)Oc3ccc(NS(=O)(=O)c4ccc(C)cc4)cc3C(=O)N([C@@H](C)CO)C[C@H]2C)cc1. The molecular weight excluding hydrogens is 683 g/mol. The van der Waals surface area contributed by atoms with Gasteiger partial charge in [0, 0.05) is 38.3 Å². The lowest BCUT2D eigenvalue weighted by Crippen LogP contribution is -2.48. The molecule has 0 unspecified atom stereocenters.